The third-order valence-electron chi connectivity index (χ3n) is 5.81. The molecule has 0 bridgehead atoms. The van der Waals surface area contributed by atoms with E-state index in [4.69, 9.17) is 0 Å². The van der Waals surface area contributed by atoms with Gasteiger partial charge in [0.25, 0.3) is 0 Å². The van der Waals surface area contributed by atoms with Gasteiger partial charge in [0.15, 0.2) is 5.82 Å². The Kier molecular flexibility index (Phi) is 6.58. The van der Waals surface area contributed by atoms with Crippen LogP contribution >= 0.6 is 0 Å². The number of rotatable bonds is 9. The van der Waals surface area contributed by atoms with E-state index in [0.29, 0.717) is 18.1 Å². The standard InChI is InChI=1S/C24H29N7O/c1-4-6-9-21-17(3)30(15-5-2)24(32)31(21)16-18-10-12-19(13-11-18)20-8-7-14-25-22(20)23-26-28-29-27-23/h7-8,10-14H,4-6,9,15-16H2,1-3H3,(H,26,27,28,29). The molecule has 0 aliphatic heterocycles. The summed E-state index contributed by atoms with van der Waals surface area (Å²) in [6.07, 6.45) is 5.78. The van der Waals surface area contributed by atoms with Gasteiger partial charge < -0.3 is 0 Å². The van der Waals surface area contributed by atoms with E-state index in [1.54, 1.807) is 6.20 Å². The Morgan fingerprint density at radius 1 is 1.03 bits per heavy atom. The minimum atomic E-state index is 0.0897. The Bertz CT molecular complexity index is 1220. The summed E-state index contributed by atoms with van der Waals surface area (Å²) >= 11 is 0. The smallest absolute Gasteiger partial charge is 0.296 e. The van der Waals surface area contributed by atoms with Crippen LogP contribution in [0.1, 0.15) is 50.1 Å². The van der Waals surface area contributed by atoms with Crippen molar-refractivity contribution in [3.05, 3.63) is 70.0 Å². The zero-order valence-corrected chi connectivity index (χ0v) is 18.9. The van der Waals surface area contributed by atoms with Gasteiger partial charge in [-0.15, -0.1) is 5.10 Å². The van der Waals surface area contributed by atoms with Crippen LogP contribution in [0.5, 0.6) is 0 Å². The van der Waals surface area contributed by atoms with E-state index in [2.05, 4.69) is 70.6 Å². The van der Waals surface area contributed by atoms with Crippen molar-refractivity contribution >= 4 is 0 Å². The van der Waals surface area contributed by atoms with Crippen LogP contribution in [0.4, 0.5) is 0 Å². The van der Waals surface area contributed by atoms with Gasteiger partial charge in [0, 0.05) is 29.7 Å². The number of hydrogen-bond acceptors (Lipinski definition) is 5. The van der Waals surface area contributed by atoms with Crippen molar-refractivity contribution in [2.24, 2.45) is 0 Å². The highest BCUT2D eigenvalue weighted by Gasteiger charge is 2.17. The Morgan fingerprint density at radius 3 is 2.53 bits per heavy atom. The number of unbranched alkanes of at least 4 members (excludes halogenated alkanes) is 1. The number of imidazole rings is 1. The van der Waals surface area contributed by atoms with Gasteiger partial charge in [-0.05, 0) is 53.8 Å². The van der Waals surface area contributed by atoms with Crippen LogP contribution in [0.2, 0.25) is 0 Å². The molecule has 4 aromatic rings. The Balaban J connectivity index is 1.65. The summed E-state index contributed by atoms with van der Waals surface area (Å²) in [5, 5.41) is 14.1. The van der Waals surface area contributed by atoms with E-state index in [9.17, 15) is 4.79 Å². The predicted octanol–water partition coefficient (Wildman–Crippen LogP) is 4.00. The number of aromatic amines is 1. The minimum Gasteiger partial charge on any atom is -0.296 e. The lowest BCUT2D eigenvalue weighted by atomic mass is 10.0. The van der Waals surface area contributed by atoms with Crippen molar-refractivity contribution in [3.8, 4) is 22.6 Å². The molecule has 4 rings (SSSR count). The lowest BCUT2D eigenvalue weighted by molar-refractivity contribution is 0.611. The Morgan fingerprint density at radius 2 is 1.84 bits per heavy atom. The molecule has 0 saturated heterocycles. The van der Waals surface area contributed by atoms with Crippen molar-refractivity contribution < 1.29 is 0 Å². The Hall–Kier alpha value is -3.55. The minimum absolute atomic E-state index is 0.0897. The molecule has 0 radical (unpaired) electrons. The van der Waals surface area contributed by atoms with Crippen LogP contribution in [0, 0.1) is 6.92 Å². The molecule has 0 atom stereocenters. The summed E-state index contributed by atoms with van der Waals surface area (Å²) < 4.78 is 3.87. The van der Waals surface area contributed by atoms with Gasteiger partial charge in [0.05, 0.1) is 6.54 Å². The molecule has 8 heteroatoms. The number of nitrogens with one attached hydrogen (secondary N) is 1. The molecule has 0 fully saturated rings. The summed E-state index contributed by atoms with van der Waals surface area (Å²) in [5.41, 5.74) is 6.11. The van der Waals surface area contributed by atoms with Gasteiger partial charge in [-0.1, -0.05) is 50.6 Å². The van der Waals surface area contributed by atoms with E-state index in [-0.39, 0.29) is 5.69 Å². The molecule has 1 aromatic carbocycles. The third kappa shape index (κ3) is 4.26. The van der Waals surface area contributed by atoms with E-state index < -0.39 is 0 Å². The highest BCUT2D eigenvalue weighted by Crippen LogP contribution is 2.28. The summed E-state index contributed by atoms with van der Waals surface area (Å²) in [7, 11) is 0. The first-order valence-corrected chi connectivity index (χ1v) is 11.2. The molecule has 3 aromatic heterocycles. The van der Waals surface area contributed by atoms with Crippen molar-refractivity contribution in [3.63, 3.8) is 0 Å². The van der Waals surface area contributed by atoms with E-state index in [1.165, 1.54) is 0 Å². The highest BCUT2D eigenvalue weighted by atomic mass is 16.1. The largest absolute Gasteiger partial charge is 0.328 e. The second-order valence-electron chi connectivity index (χ2n) is 8.00. The molecule has 0 spiro atoms. The molecule has 0 saturated carbocycles. The first kappa shape index (κ1) is 21.7. The lowest BCUT2D eigenvalue weighted by Gasteiger charge is -2.10. The van der Waals surface area contributed by atoms with Crippen LogP contribution < -0.4 is 5.69 Å². The summed E-state index contributed by atoms with van der Waals surface area (Å²) in [5.74, 6) is 0.532. The normalized spacial score (nSPS) is 11.2. The zero-order chi connectivity index (χ0) is 22.5. The molecule has 0 aliphatic carbocycles. The van der Waals surface area contributed by atoms with Gasteiger partial charge >= 0.3 is 5.69 Å². The van der Waals surface area contributed by atoms with Gasteiger partial charge in [-0.3, -0.25) is 14.1 Å². The van der Waals surface area contributed by atoms with Gasteiger partial charge in [-0.25, -0.2) is 9.89 Å². The quantitative estimate of drug-likeness (QED) is 0.432. The van der Waals surface area contributed by atoms with Crippen molar-refractivity contribution in [2.75, 3.05) is 0 Å². The Labute approximate surface area is 187 Å². The molecular weight excluding hydrogens is 402 g/mol. The molecule has 0 aliphatic rings. The summed E-state index contributed by atoms with van der Waals surface area (Å²) in [6.45, 7) is 7.69. The van der Waals surface area contributed by atoms with Crippen LogP contribution in [0.25, 0.3) is 22.6 Å². The molecule has 1 N–H and O–H groups in total. The highest BCUT2D eigenvalue weighted by molar-refractivity contribution is 5.77. The number of hydrogen-bond donors (Lipinski definition) is 1. The SMILES string of the molecule is CCCCc1c(C)n(CCC)c(=O)n1Cc1ccc(-c2cccnc2-c2nnn[nH]2)cc1. The molecule has 0 unspecified atom stereocenters. The third-order valence-corrected chi connectivity index (χ3v) is 5.81. The first-order chi connectivity index (χ1) is 15.6. The van der Waals surface area contributed by atoms with E-state index in [1.807, 2.05) is 21.3 Å². The molecule has 166 valence electrons. The molecule has 8 nitrogen and oxygen atoms in total. The average Bonchev–Trinajstić information content (AvgIpc) is 3.43. The second kappa shape index (κ2) is 9.72. The predicted molar refractivity (Wildman–Crippen MR) is 124 cm³/mol. The number of pyridine rings is 1. The maximum absolute atomic E-state index is 13.1. The van der Waals surface area contributed by atoms with Crippen molar-refractivity contribution in [1.82, 2.24) is 34.7 Å². The monoisotopic (exact) mass is 431 g/mol. The number of benzene rings is 1. The van der Waals surface area contributed by atoms with Crippen LogP contribution in [-0.4, -0.2) is 34.7 Å². The van der Waals surface area contributed by atoms with Gasteiger partial charge in [0.2, 0.25) is 0 Å². The summed E-state index contributed by atoms with van der Waals surface area (Å²) in [6, 6.07) is 12.2. The molecular formula is C24H29N7O. The number of H-pyrrole nitrogens is 1. The van der Waals surface area contributed by atoms with Crippen LogP contribution in [0.15, 0.2) is 47.4 Å². The number of nitrogens with zero attached hydrogens (tertiary/aromatic N) is 6. The lowest BCUT2D eigenvalue weighted by Crippen LogP contribution is -2.26. The fraction of sp³-hybridized carbons (Fsp3) is 0.375. The topological polar surface area (TPSA) is 94.3 Å². The van der Waals surface area contributed by atoms with Crippen molar-refractivity contribution in [2.45, 2.75) is 59.5 Å². The van der Waals surface area contributed by atoms with E-state index in [0.717, 1.165) is 60.3 Å². The second-order valence-corrected chi connectivity index (χ2v) is 8.00. The first-order valence-electron chi connectivity index (χ1n) is 11.2. The van der Waals surface area contributed by atoms with Crippen LogP contribution in [0.3, 0.4) is 0 Å². The molecule has 3 heterocycles. The fourth-order valence-corrected chi connectivity index (χ4v) is 4.12. The molecule has 0 amide bonds. The maximum Gasteiger partial charge on any atom is 0.328 e. The van der Waals surface area contributed by atoms with Gasteiger partial charge in [0.1, 0.15) is 5.69 Å². The molecule has 32 heavy (non-hydrogen) atoms. The fourth-order valence-electron chi connectivity index (χ4n) is 4.12. The van der Waals surface area contributed by atoms with Gasteiger partial charge in [-0.2, -0.15) is 0 Å². The van der Waals surface area contributed by atoms with Crippen LogP contribution in [-0.2, 0) is 19.5 Å². The maximum atomic E-state index is 13.1. The summed E-state index contributed by atoms with van der Waals surface area (Å²) in [4.78, 5) is 17.6. The average molecular weight is 432 g/mol. The van der Waals surface area contributed by atoms with Crippen molar-refractivity contribution in [1.29, 1.82) is 0 Å². The van der Waals surface area contributed by atoms with E-state index >= 15 is 0 Å². The number of aromatic nitrogens is 7. The zero-order valence-electron chi connectivity index (χ0n) is 18.9. The number of tetrazole rings is 1.